The van der Waals surface area contributed by atoms with Gasteiger partial charge in [0.05, 0.1) is 17.2 Å². The minimum absolute atomic E-state index is 0.152. The van der Waals surface area contributed by atoms with Crippen molar-refractivity contribution in [2.24, 2.45) is 0 Å². The Morgan fingerprint density at radius 3 is 2.62 bits per heavy atom. The van der Waals surface area contributed by atoms with Crippen LogP contribution < -0.4 is 15.8 Å². The molecule has 0 spiro atoms. The number of anilines is 1. The first-order valence-corrected chi connectivity index (χ1v) is 8.12. The lowest BCUT2D eigenvalue weighted by atomic mass is 10.2. The predicted octanol–water partition coefficient (Wildman–Crippen LogP) is 1.92. The number of benzene rings is 2. The summed E-state index contributed by atoms with van der Waals surface area (Å²) in [6.07, 6.45) is 1.30. The van der Waals surface area contributed by atoms with Crippen LogP contribution in [0.2, 0.25) is 0 Å². The van der Waals surface area contributed by atoms with Crippen molar-refractivity contribution in [3.05, 3.63) is 70.5 Å². The van der Waals surface area contributed by atoms with Crippen LogP contribution in [0.4, 0.5) is 10.1 Å². The van der Waals surface area contributed by atoms with E-state index in [0.29, 0.717) is 12.1 Å². The highest BCUT2D eigenvalue weighted by atomic mass is 19.1. The number of rotatable bonds is 5. The van der Waals surface area contributed by atoms with Crippen molar-refractivity contribution in [1.82, 2.24) is 14.9 Å². The zero-order valence-corrected chi connectivity index (χ0v) is 14.6. The molecule has 0 saturated heterocycles. The van der Waals surface area contributed by atoms with Gasteiger partial charge in [0.15, 0.2) is 0 Å². The predicted molar refractivity (Wildman–Crippen MR) is 98.6 cm³/mol. The molecular weight excluding hydrogens is 335 g/mol. The summed E-state index contributed by atoms with van der Waals surface area (Å²) in [5.74, 6) is -0.832. The highest BCUT2D eigenvalue weighted by Crippen LogP contribution is 2.12. The number of fused-ring (bicyclic) bond motifs is 1. The van der Waals surface area contributed by atoms with Gasteiger partial charge in [0, 0.05) is 26.3 Å². The zero-order chi connectivity index (χ0) is 18.7. The minimum atomic E-state index is -0.514. The van der Waals surface area contributed by atoms with Gasteiger partial charge in [0.2, 0.25) is 5.91 Å². The van der Waals surface area contributed by atoms with E-state index in [1.165, 1.54) is 23.0 Å². The van der Waals surface area contributed by atoms with Gasteiger partial charge in [-0.25, -0.2) is 9.37 Å². The third-order valence-corrected chi connectivity index (χ3v) is 4.04. The molecular formula is C19H19FN4O2. The molecule has 134 valence electrons. The average Bonchev–Trinajstić information content (AvgIpc) is 2.63. The van der Waals surface area contributed by atoms with Gasteiger partial charge in [-0.15, -0.1) is 0 Å². The van der Waals surface area contributed by atoms with Crippen molar-refractivity contribution in [3.63, 3.8) is 0 Å². The number of carbonyl (C=O) groups is 1. The summed E-state index contributed by atoms with van der Waals surface area (Å²) in [7, 11) is 3.91. The van der Waals surface area contributed by atoms with Gasteiger partial charge >= 0.3 is 0 Å². The second-order valence-corrected chi connectivity index (χ2v) is 6.18. The molecule has 0 unspecified atom stereocenters. The molecule has 1 amide bonds. The van der Waals surface area contributed by atoms with Crippen LogP contribution >= 0.6 is 0 Å². The molecule has 0 radical (unpaired) electrons. The summed E-state index contributed by atoms with van der Waals surface area (Å²) in [4.78, 5) is 30.6. The van der Waals surface area contributed by atoms with Gasteiger partial charge in [-0.3, -0.25) is 14.2 Å². The van der Waals surface area contributed by atoms with Gasteiger partial charge in [0.1, 0.15) is 12.4 Å². The maximum Gasteiger partial charge on any atom is 0.261 e. The fourth-order valence-corrected chi connectivity index (χ4v) is 2.57. The van der Waals surface area contributed by atoms with Crippen molar-refractivity contribution in [2.45, 2.75) is 13.1 Å². The van der Waals surface area contributed by atoms with Crippen LogP contribution in [0, 0.1) is 5.82 Å². The Morgan fingerprint density at radius 1 is 1.19 bits per heavy atom. The number of hydrogen-bond donors (Lipinski definition) is 1. The van der Waals surface area contributed by atoms with E-state index < -0.39 is 11.4 Å². The first kappa shape index (κ1) is 17.6. The Balaban J connectivity index is 1.67. The summed E-state index contributed by atoms with van der Waals surface area (Å²) in [5.41, 5.74) is 1.98. The van der Waals surface area contributed by atoms with Crippen molar-refractivity contribution >= 4 is 22.5 Å². The summed E-state index contributed by atoms with van der Waals surface area (Å²) < 4.78 is 14.5. The molecule has 3 rings (SSSR count). The number of hydrogen-bond acceptors (Lipinski definition) is 4. The van der Waals surface area contributed by atoms with Crippen LogP contribution in [0.3, 0.4) is 0 Å². The lowest BCUT2D eigenvalue weighted by Crippen LogP contribution is -2.32. The Morgan fingerprint density at radius 2 is 1.92 bits per heavy atom. The summed E-state index contributed by atoms with van der Waals surface area (Å²) in [6.45, 7) is 0.186. The highest BCUT2D eigenvalue weighted by Gasteiger charge is 2.09. The molecule has 0 aliphatic rings. The van der Waals surface area contributed by atoms with Crippen molar-refractivity contribution in [1.29, 1.82) is 0 Å². The molecule has 1 aromatic heterocycles. The van der Waals surface area contributed by atoms with Gasteiger partial charge in [0.25, 0.3) is 5.56 Å². The largest absolute Gasteiger partial charge is 0.378 e. The van der Waals surface area contributed by atoms with Gasteiger partial charge in [-0.2, -0.15) is 0 Å². The first-order chi connectivity index (χ1) is 12.4. The quantitative estimate of drug-likeness (QED) is 0.760. The first-order valence-electron chi connectivity index (χ1n) is 8.12. The molecule has 7 heteroatoms. The molecule has 6 nitrogen and oxygen atoms in total. The van der Waals surface area contributed by atoms with Crippen LogP contribution in [0.5, 0.6) is 0 Å². The second kappa shape index (κ2) is 7.35. The average molecular weight is 354 g/mol. The number of aromatic nitrogens is 2. The van der Waals surface area contributed by atoms with Gasteiger partial charge in [-0.1, -0.05) is 12.1 Å². The van der Waals surface area contributed by atoms with E-state index in [1.807, 2.05) is 43.3 Å². The van der Waals surface area contributed by atoms with E-state index in [0.717, 1.165) is 17.3 Å². The van der Waals surface area contributed by atoms with Crippen LogP contribution in [-0.2, 0) is 17.9 Å². The molecule has 0 saturated carbocycles. The summed E-state index contributed by atoms with van der Waals surface area (Å²) in [5, 5.41) is 2.92. The monoisotopic (exact) mass is 354 g/mol. The van der Waals surface area contributed by atoms with Crippen molar-refractivity contribution in [3.8, 4) is 0 Å². The molecule has 1 N–H and O–H groups in total. The minimum Gasteiger partial charge on any atom is -0.378 e. The van der Waals surface area contributed by atoms with Crippen LogP contribution in [0.1, 0.15) is 5.56 Å². The SMILES string of the molecule is CN(C)c1ccc(CNC(=O)Cn2cnc3ccc(F)cc3c2=O)cc1. The fourth-order valence-electron chi connectivity index (χ4n) is 2.57. The van der Waals surface area contributed by atoms with Crippen molar-refractivity contribution < 1.29 is 9.18 Å². The third-order valence-electron chi connectivity index (χ3n) is 4.04. The zero-order valence-electron chi connectivity index (χ0n) is 14.6. The third kappa shape index (κ3) is 3.88. The topological polar surface area (TPSA) is 67.2 Å². The number of nitrogens with zero attached hydrogens (tertiary/aromatic N) is 3. The molecule has 0 bridgehead atoms. The van der Waals surface area contributed by atoms with Crippen molar-refractivity contribution in [2.75, 3.05) is 19.0 Å². The molecule has 0 fully saturated rings. The van der Waals surface area contributed by atoms with E-state index in [9.17, 15) is 14.0 Å². The lowest BCUT2D eigenvalue weighted by molar-refractivity contribution is -0.121. The smallest absolute Gasteiger partial charge is 0.261 e. The summed E-state index contributed by atoms with van der Waals surface area (Å²) in [6, 6.07) is 11.6. The number of amides is 1. The molecule has 3 aromatic rings. The van der Waals surface area contributed by atoms with E-state index in [2.05, 4.69) is 10.3 Å². The van der Waals surface area contributed by atoms with E-state index >= 15 is 0 Å². The normalized spacial score (nSPS) is 10.7. The van der Waals surface area contributed by atoms with Crippen LogP contribution in [0.25, 0.3) is 10.9 Å². The Hall–Kier alpha value is -3.22. The second-order valence-electron chi connectivity index (χ2n) is 6.18. The molecule has 0 aliphatic heterocycles. The maximum atomic E-state index is 13.3. The molecule has 2 aromatic carbocycles. The standard InChI is InChI=1S/C19H19FN4O2/c1-23(2)15-6-3-13(4-7-15)10-21-18(25)11-24-12-22-17-8-5-14(20)9-16(17)19(24)26/h3-9,12H,10-11H2,1-2H3,(H,21,25). The van der Waals surface area contributed by atoms with E-state index in [-0.39, 0.29) is 17.8 Å². The van der Waals surface area contributed by atoms with Gasteiger partial charge < -0.3 is 10.2 Å². The van der Waals surface area contributed by atoms with Gasteiger partial charge in [-0.05, 0) is 35.9 Å². The summed E-state index contributed by atoms with van der Waals surface area (Å²) >= 11 is 0. The Kier molecular flexibility index (Phi) is 4.97. The fraction of sp³-hybridized carbons (Fsp3) is 0.211. The Bertz CT molecular complexity index is 997. The van der Waals surface area contributed by atoms with Crippen LogP contribution in [0.15, 0.2) is 53.6 Å². The molecule has 26 heavy (non-hydrogen) atoms. The maximum absolute atomic E-state index is 13.3. The highest BCUT2D eigenvalue weighted by molar-refractivity contribution is 5.79. The van der Waals surface area contributed by atoms with E-state index in [1.54, 1.807) is 0 Å². The van der Waals surface area contributed by atoms with Crippen LogP contribution in [-0.4, -0.2) is 29.6 Å². The van der Waals surface area contributed by atoms with E-state index in [4.69, 9.17) is 0 Å². The molecule has 0 aliphatic carbocycles. The number of nitrogens with one attached hydrogen (secondary N) is 1. The number of halogens is 1. The Labute approximate surface area is 149 Å². The molecule has 0 atom stereocenters. The lowest BCUT2D eigenvalue weighted by Gasteiger charge is -2.13. The molecule has 1 heterocycles. The number of carbonyl (C=O) groups excluding carboxylic acids is 1.